The van der Waals surface area contributed by atoms with Crippen LogP contribution < -0.4 is 0 Å². The molecule has 1 fully saturated rings. The average molecular weight is 255 g/mol. The van der Waals surface area contributed by atoms with Crippen LogP contribution in [0.3, 0.4) is 0 Å². The summed E-state index contributed by atoms with van der Waals surface area (Å²) in [6.45, 7) is 2.11. The number of hydrogen-bond acceptors (Lipinski definition) is 3. The Labute approximate surface area is 104 Å². The van der Waals surface area contributed by atoms with Gasteiger partial charge in [0, 0.05) is 18.0 Å². The van der Waals surface area contributed by atoms with Crippen molar-refractivity contribution in [3.63, 3.8) is 0 Å². The minimum Gasteiger partial charge on any atom is -0.378 e. The molecular weight excluding hydrogens is 241 g/mol. The number of carbonyl (C=O) groups is 1. The van der Waals surface area contributed by atoms with E-state index in [1.807, 2.05) is 6.26 Å². The molecule has 1 aliphatic heterocycles. The Morgan fingerprint density at radius 1 is 1.41 bits per heavy atom. The summed E-state index contributed by atoms with van der Waals surface area (Å²) < 4.78 is 18.8. The van der Waals surface area contributed by atoms with Crippen LogP contribution in [0.15, 0.2) is 23.1 Å². The van der Waals surface area contributed by atoms with Gasteiger partial charge in [0.15, 0.2) is 0 Å². The van der Waals surface area contributed by atoms with Gasteiger partial charge in [0.1, 0.15) is 5.82 Å². The largest absolute Gasteiger partial charge is 0.378 e. The summed E-state index contributed by atoms with van der Waals surface area (Å²) in [4.78, 5) is 14.6. The molecular formula is C12H14FNO2S. The smallest absolute Gasteiger partial charge is 0.257 e. The standard InChI is InChI=1S/C12H14FNO2S/c1-17-9-2-3-11(13)10(8-9)12(15)14-4-6-16-7-5-14/h2-3,8H,4-7H2,1H3. The zero-order valence-electron chi connectivity index (χ0n) is 9.61. The molecule has 3 nitrogen and oxygen atoms in total. The molecule has 1 aromatic carbocycles. The van der Waals surface area contributed by atoms with Gasteiger partial charge in [-0.2, -0.15) is 0 Å². The predicted molar refractivity (Wildman–Crippen MR) is 64.9 cm³/mol. The van der Waals surface area contributed by atoms with E-state index < -0.39 is 5.82 Å². The molecule has 17 heavy (non-hydrogen) atoms. The molecule has 0 bridgehead atoms. The molecule has 5 heteroatoms. The molecule has 0 N–H and O–H groups in total. The lowest BCUT2D eigenvalue weighted by molar-refractivity contribution is 0.0299. The van der Waals surface area contributed by atoms with E-state index in [0.29, 0.717) is 26.3 Å². The Morgan fingerprint density at radius 2 is 2.12 bits per heavy atom. The van der Waals surface area contributed by atoms with Crippen molar-refractivity contribution in [2.24, 2.45) is 0 Å². The van der Waals surface area contributed by atoms with Gasteiger partial charge in [-0.25, -0.2) is 4.39 Å². The van der Waals surface area contributed by atoms with E-state index in [1.165, 1.54) is 17.8 Å². The van der Waals surface area contributed by atoms with Gasteiger partial charge < -0.3 is 9.64 Å². The van der Waals surface area contributed by atoms with Crippen LogP contribution in [0.1, 0.15) is 10.4 Å². The summed E-state index contributed by atoms with van der Waals surface area (Å²) in [6.07, 6.45) is 1.90. The molecule has 1 saturated heterocycles. The average Bonchev–Trinajstić information content (AvgIpc) is 2.39. The number of ether oxygens (including phenoxy) is 1. The Balaban J connectivity index is 2.22. The first kappa shape index (κ1) is 12.4. The van der Waals surface area contributed by atoms with Crippen LogP contribution in [0.5, 0.6) is 0 Å². The molecule has 0 aliphatic carbocycles. The van der Waals surface area contributed by atoms with Crippen molar-refractivity contribution in [2.75, 3.05) is 32.6 Å². The van der Waals surface area contributed by atoms with Gasteiger partial charge >= 0.3 is 0 Å². The maximum absolute atomic E-state index is 13.6. The van der Waals surface area contributed by atoms with E-state index in [4.69, 9.17) is 4.74 Å². The first-order valence-electron chi connectivity index (χ1n) is 5.43. The highest BCUT2D eigenvalue weighted by molar-refractivity contribution is 7.98. The number of amides is 1. The number of morpholine rings is 1. The molecule has 0 radical (unpaired) electrons. The lowest BCUT2D eigenvalue weighted by atomic mass is 10.2. The van der Waals surface area contributed by atoms with Gasteiger partial charge in [-0.15, -0.1) is 11.8 Å². The van der Waals surface area contributed by atoms with Crippen LogP contribution in [-0.2, 0) is 4.74 Å². The fourth-order valence-electron chi connectivity index (χ4n) is 1.73. The molecule has 0 atom stereocenters. The number of halogens is 1. The third-order valence-corrected chi connectivity index (χ3v) is 3.43. The van der Waals surface area contributed by atoms with Gasteiger partial charge in [0.25, 0.3) is 5.91 Å². The van der Waals surface area contributed by atoms with Crippen molar-refractivity contribution in [3.8, 4) is 0 Å². The Bertz CT molecular complexity index is 419. The third-order valence-electron chi connectivity index (χ3n) is 2.70. The highest BCUT2D eigenvalue weighted by Gasteiger charge is 2.21. The third kappa shape index (κ3) is 2.79. The van der Waals surface area contributed by atoms with Gasteiger partial charge in [0.2, 0.25) is 0 Å². The fraction of sp³-hybridized carbons (Fsp3) is 0.417. The Morgan fingerprint density at radius 3 is 2.76 bits per heavy atom. The van der Waals surface area contributed by atoms with Crippen LogP contribution in [0.25, 0.3) is 0 Å². The van der Waals surface area contributed by atoms with Gasteiger partial charge in [-0.05, 0) is 24.5 Å². The molecule has 0 saturated carbocycles. The normalized spacial score (nSPS) is 16.0. The van der Waals surface area contributed by atoms with Crippen molar-refractivity contribution in [1.29, 1.82) is 0 Å². The van der Waals surface area contributed by atoms with E-state index in [2.05, 4.69) is 0 Å². The van der Waals surface area contributed by atoms with Gasteiger partial charge in [-0.3, -0.25) is 4.79 Å². The number of rotatable bonds is 2. The highest BCUT2D eigenvalue weighted by atomic mass is 32.2. The van der Waals surface area contributed by atoms with Crippen LogP contribution in [0.4, 0.5) is 4.39 Å². The van der Waals surface area contributed by atoms with Crippen LogP contribution in [0.2, 0.25) is 0 Å². The first-order valence-corrected chi connectivity index (χ1v) is 6.65. The lowest BCUT2D eigenvalue weighted by Crippen LogP contribution is -2.41. The summed E-state index contributed by atoms with van der Waals surface area (Å²) in [5.74, 6) is -0.707. The summed E-state index contributed by atoms with van der Waals surface area (Å²) in [6, 6.07) is 4.63. The van der Waals surface area contributed by atoms with Crippen molar-refractivity contribution in [1.82, 2.24) is 4.90 Å². The number of benzene rings is 1. The molecule has 1 aliphatic rings. The second-order valence-electron chi connectivity index (χ2n) is 3.75. The summed E-state index contributed by atoms with van der Waals surface area (Å²) in [5, 5.41) is 0. The maximum Gasteiger partial charge on any atom is 0.257 e. The predicted octanol–water partition coefficient (Wildman–Crippen LogP) is 2.02. The van der Waals surface area contributed by atoms with Crippen molar-refractivity contribution < 1.29 is 13.9 Å². The maximum atomic E-state index is 13.6. The summed E-state index contributed by atoms with van der Waals surface area (Å²) >= 11 is 1.49. The molecule has 1 heterocycles. The zero-order chi connectivity index (χ0) is 12.3. The molecule has 1 aromatic rings. The second-order valence-corrected chi connectivity index (χ2v) is 4.63. The topological polar surface area (TPSA) is 29.5 Å². The molecule has 0 spiro atoms. The summed E-state index contributed by atoms with van der Waals surface area (Å²) in [7, 11) is 0. The van der Waals surface area contributed by atoms with Gasteiger partial charge in [-0.1, -0.05) is 0 Å². The minimum absolute atomic E-state index is 0.152. The van der Waals surface area contributed by atoms with E-state index in [0.717, 1.165) is 4.90 Å². The van der Waals surface area contributed by atoms with Crippen LogP contribution in [0, 0.1) is 5.82 Å². The quantitative estimate of drug-likeness (QED) is 0.757. The Hall–Kier alpha value is -1.07. The zero-order valence-corrected chi connectivity index (χ0v) is 10.4. The molecule has 2 rings (SSSR count). The fourth-order valence-corrected chi connectivity index (χ4v) is 2.17. The molecule has 92 valence electrons. The van der Waals surface area contributed by atoms with Gasteiger partial charge in [0.05, 0.1) is 18.8 Å². The number of nitrogens with zero attached hydrogens (tertiary/aromatic N) is 1. The van der Waals surface area contributed by atoms with Crippen molar-refractivity contribution in [3.05, 3.63) is 29.6 Å². The SMILES string of the molecule is CSc1ccc(F)c(C(=O)N2CCOCC2)c1. The van der Waals surface area contributed by atoms with E-state index >= 15 is 0 Å². The highest BCUT2D eigenvalue weighted by Crippen LogP contribution is 2.20. The summed E-state index contributed by atoms with van der Waals surface area (Å²) in [5.41, 5.74) is 0.152. The number of carbonyl (C=O) groups excluding carboxylic acids is 1. The Kier molecular flexibility index (Phi) is 4.02. The molecule has 0 unspecified atom stereocenters. The van der Waals surface area contributed by atoms with E-state index in [1.54, 1.807) is 17.0 Å². The van der Waals surface area contributed by atoms with E-state index in [9.17, 15) is 9.18 Å². The number of thioether (sulfide) groups is 1. The molecule has 0 aromatic heterocycles. The van der Waals surface area contributed by atoms with Crippen LogP contribution in [-0.4, -0.2) is 43.4 Å². The monoisotopic (exact) mass is 255 g/mol. The van der Waals surface area contributed by atoms with Crippen molar-refractivity contribution in [2.45, 2.75) is 4.90 Å². The second kappa shape index (κ2) is 5.51. The molecule has 1 amide bonds. The minimum atomic E-state index is -0.459. The van der Waals surface area contributed by atoms with Crippen molar-refractivity contribution >= 4 is 17.7 Å². The number of hydrogen-bond donors (Lipinski definition) is 0. The first-order chi connectivity index (χ1) is 8.22. The van der Waals surface area contributed by atoms with Crippen LogP contribution >= 0.6 is 11.8 Å². The lowest BCUT2D eigenvalue weighted by Gasteiger charge is -2.27. The van der Waals surface area contributed by atoms with E-state index in [-0.39, 0.29) is 11.5 Å².